The van der Waals surface area contributed by atoms with E-state index in [0.29, 0.717) is 23.0 Å². The van der Waals surface area contributed by atoms with Gasteiger partial charge < -0.3 is 10.4 Å². The Morgan fingerprint density at radius 2 is 2.40 bits per heavy atom. The van der Waals surface area contributed by atoms with Crippen LogP contribution in [0.1, 0.15) is 17.3 Å². The Kier molecular flexibility index (Phi) is 2.29. The van der Waals surface area contributed by atoms with Crippen molar-refractivity contribution < 1.29 is 9.90 Å². The number of aromatic hydroxyl groups is 1. The normalized spacial score (nSPS) is 10.5. The Morgan fingerprint density at radius 1 is 1.60 bits per heavy atom. The van der Waals surface area contributed by atoms with Gasteiger partial charge in [-0.2, -0.15) is 0 Å². The van der Waals surface area contributed by atoms with Crippen molar-refractivity contribution in [2.45, 2.75) is 6.92 Å². The summed E-state index contributed by atoms with van der Waals surface area (Å²) < 4.78 is 0. The predicted molar refractivity (Wildman–Crippen MR) is 55.8 cm³/mol. The summed E-state index contributed by atoms with van der Waals surface area (Å²) in [5.74, 6) is -0.261. The highest BCUT2D eigenvalue weighted by Crippen LogP contribution is 2.23. The maximum Gasteiger partial charge on any atom is 0.253 e. The van der Waals surface area contributed by atoms with Gasteiger partial charge in [-0.1, -0.05) is 6.07 Å². The Morgan fingerprint density at radius 3 is 3.13 bits per heavy atom. The molecule has 0 radical (unpaired) electrons. The van der Waals surface area contributed by atoms with E-state index in [1.807, 2.05) is 6.92 Å². The fraction of sp³-hybridized carbons (Fsp3) is 0.200. The van der Waals surface area contributed by atoms with Gasteiger partial charge in [-0.25, -0.2) is 0 Å². The third-order valence-corrected chi connectivity index (χ3v) is 2.16. The minimum absolute atomic E-state index is 0.0869. The number of H-pyrrole nitrogens is 1. The first kappa shape index (κ1) is 9.51. The van der Waals surface area contributed by atoms with Crippen molar-refractivity contribution in [1.29, 1.82) is 0 Å². The summed E-state index contributed by atoms with van der Waals surface area (Å²) in [6.07, 6.45) is 0. The van der Waals surface area contributed by atoms with Crippen LogP contribution >= 0.6 is 0 Å². The number of nitrogens with zero attached hydrogens (tertiary/aromatic N) is 1. The Labute approximate surface area is 86.1 Å². The molecule has 0 spiro atoms. The largest absolute Gasteiger partial charge is 0.492 e. The molecule has 1 aromatic heterocycles. The lowest BCUT2D eigenvalue weighted by atomic mass is 10.1. The molecule has 2 aromatic rings. The van der Waals surface area contributed by atoms with E-state index in [1.54, 1.807) is 18.2 Å². The minimum Gasteiger partial charge on any atom is -0.492 e. The average molecular weight is 205 g/mol. The first-order valence-electron chi connectivity index (χ1n) is 4.68. The van der Waals surface area contributed by atoms with Gasteiger partial charge in [-0.3, -0.25) is 9.89 Å². The van der Waals surface area contributed by atoms with E-state index in [4.69, 9.17) is 0 Å². The summed E-state index contributed by atoms with van der Waals surface area (Å²) in [5.41, 5.74) is 1.04. The van der Waals surface area contributed by atoms with E-state index in [2.05, 4.69) is 15.5 Å². The number of carbonyl (C=O) groups is 1. The SMILES string of the molecule is CCNC(=O)c1cccc2c(O)n[nH]c12. The van der Waals surface area contributed by atoms with Gasteiger partial charge in [-0.05, 0) is 19.1 Å². The van der Waals surface area contributed by atoms with Gasteiger partial charge >= 0.3 is 0 Å². The Bertz CT molecular complexity index is 504. The van der Waals surface area contributed by atoms with Gasteiger partial charge in [0.1, 0.15) is 0 Å². The molecule has 0 unspecified atom stereocenters. The second-order valence-electron chi connectivity index (χ2n) is 3.13. The number of carbonyl (C=O) groups excluding carboxylic acids is 1. The maximum atomic E-state index is 11.6. The van der Waals surface area contributed by atoms with Crippen molar-refractivity contribution in [3.8, 4) is 5.88 Å². The molecule has 15 heavy (non-hydrogen) atoms. The molecule has 1 heterocycles. The van der Waals surface area contributed by atoms with Crippen LogP contribution in [0.25, 0.3) is 10.9 Å². The van der Waals surface area contributed by atoms with Gasteiger partial charge in [0.15, 0.2) is 0 Å². The summed E-state index contributed by atoms with van der Waals surface area (Å²) in [5, 5.41) is 18.9. The van der Waals surface area contributed by atoms with Gasteiger partial charge in [0, 0.05) is 6.54 Å². The van der Waals surface area contributed by atoms with E-state index in [-0.39, 0.29) is 11.8 Å². The monoisotopic (exact) mass is 205 g/mol. The van der Waals surface area contributed by atoms with Gasteiger partial charge in [-0.15, -0.1) is 5.10 Å². The van der Waals surface area contributed by atoms with E-state index >= 15 is 0 Å². The van der Waals surface area contributed by atoms with E-state index < -0.39 is 0 Å². The van der Waals surface area contributed by atoms with Crippen LogP contribution in [0.5, 0.6) is 5.88 Å². The highest BCUT2D eigenvalue weighted by molar-refractivity contribution is 6.06. The summed E-state index contributed by atoms with van der Waals surface area (Å²) in [6, 6.07) is 5.10. The molecule has 0 aliphatic rings. The second kappa shape index (κ2) is 3.61. The molecule has 0 atom stereocenters. The number of hydrogen-bond donors (Lipinski definition) is 3. The molecule has 0 saturated heterocycles. The van der Waals surface area contributed by atoms with Gasteiger partial charge in [0.2, 0.25) is 5.88 Å². The van der Waals surface area contributed by atoms with Crippen LogP contribution in [-0.2, 0) is 0 Å². The van der Waals surface area contributed by atoms with E-state index in [1.165, 1.54) is 0 Å². The molecule has 5 heteroatoms. The maximum absolute atomic E-state index is 11.6. The Balaban J connectivity index is 2.56. The molecule has 0 saturated carbocycles. The molecule has 5 nitrogen and oxygen atoms in total. The molecule has 1 amide bonds. The first-order valence-corrected chi connectivity index (χ1v) is 4.68. The van der Waals surface area contributed by atoms with Gasteiger partial charge in [0.25, 0.3) is 5.91 Å². The fourth-order valence-electron chi connectivity index (χ4n) is 1.47. The lowest BCUT2D eigenvalue weighted by Crippen LogP contribution is -2.22. The number of amides is 1. The van der Waals surface area contributed by atoms with Crippen LogP contribution in [-0.4, -0.2) is 27.8 Å². The molecule has 1 aromatic carbocycles. The summed E-state index contributed by atoms with van der Waals surface area (Å²) in [7, 11) is 0. The van der Waals surface area contributed by atoms with Crippen LogP contribution in [0.4, 0.5) is 0 Å². The fourth-order valence-corrected chi connectivity index (χ4v) is 1.47. The summed E-state index contributed by atoms with van der Waals surface area (Å²) >= 11 is 0. The topological polar surface area (TPSA) is 78.0 Å². The summed E-state index contributed by atoms with van der Waals surface area (Å²) in [6.45, 7) is 2.41. The standard InChI is InChI=1S/C10H11N3O2/c1-2-11-9(14)6-4-3-5-7-8(6)12-13-10(7)15/h3-5H,2H2,1H3,(H,11,14)(H2,12,13,15). The molecule has 2 rings (SSSR count). The highest BCUT2D eigenvalue weighted by atomic mass is 16.3. The molecular weight excluding hydrogens is 194 g/mol. The molecule has 0 bridgehead atoms. The number of rotatable bonds is 2. The highest BCUT2D eigenvalue weighted by Gasteiger charge is 2.12. The molecule has 0 aliphatic carbocycles. The van der Waals surface area contributed by atoms with Gasteiger partial charge in [0.05, 0.1) is 16.5 Å². The van der Waals surface area contributed by atoms with Crippen molar-refractivity contribution in [3.63, 3.8) is 0 Å². The van der Waals surface area contributed by atoms with Crippen LogP contribution in [0, 0.1) is 0 Å². The van der Waals surface area contributed by atoms with E-state index in [9.17, 15) is 9.90 Å². The molecule has 3 N–H and O–H groups in total. The third-order valence-electron chi connectivity index (χ3n) is 2.16. The number of aromatic amines is 1. The number of benzene rings is 1. The minimum atomic E-state index is -0.174. The molecular formula is C10H11N3O2. The van der Waals surface area contributed by atoms with Crippen molar-refractivity contribution in [3.05, 3.63) is 23.8 Å². The lowest BCUT2D eigenvalue weighted by Gasteiger charge is -2.02. The predicted octanol–water partition coefficient (Wildman–Crippen LogP) is 1.02. The van der Waals surface area contributed by atoms with E-state index in [0.717, 1.165) is 0 Å². The van der Waals surface area contributed by atoms with Crippen molar-refractivity contribution >= 4 is 16.8 Å². The quantitative estimate of drug-likeness (QED) is 0.684. The number of hydrogen-bond acceptors (Lipinski definition) is 3. The molecule has 78 valence electrons. The zero-order chi connectivity index (χ0) is 10.8. The molecule has 0 aliphatic heterocycles. The van der Waals surface area contributed by atoms with Crippen LogP contribution in [0.2, 0.25) is 0 Å². The lowest BCUT2D eigenvalue weighted by molar-refractivity contribution is 0.0957. The first-order chi connectivity index (χ1) is 7.24. The van der Waals surface area contributed by atoms with Crippen LogP contribution in [0.3, 0.4) is 0 Å². The van der Waals surface area contributed by atoms with Crippen LogP contribution in [0.15, 0.2) is 18.2 Å². The smallest absolute Gasteiger partial charge is 0.253 e. The van der Waals surface area contributed by atoms with Crippen molar-refractivity contribution in [1.82, 2.24) is 15.5 Å². The zero-order valence-electron chi connectivity index (χ0n) is 8.24. The Hall–Kier alpha value is -2.04. The molecule has 0 fully saturated rings. The van der Waals surface area contributed by atoms with Crippen molar-refractivity contribution in [2.75, 3.05) is 6.54 Å². The summed E-state index contributed by atoms with van der Waals surface area (Å²) in [4.78, 5) is 11.6. The average Bonchev–Trinajstić information content (AvgIpc) is 2.61. The van der Waals surface area contributed by atoms with Crippen LogP contribution < -0.4 is 5.32 Å². The number of aromatic nitrogens is 2. The second-order valence-corrected chi connectivity index (χ2v) is 3.13. The third kappa shape index (κ3) is 1.52. The number of fused-ring (bicyclic) bond motifs is 1. The number of para-hydroxylation sites is 1. The zero-order valence-corrected chi connectivity index (χ0v) is 8.24. The number of nitrogens with one attached hydrogen (secondary N) is 2. The van der Waals surface area contributed by atoms with Crippen molar-refractivity contribution in [2.24, 2.45) is 0 Å².